The van der Waals surface area contributed by atoms with Crippen molar-refractivity contribution >= 4 is 29.8 Å². The lowest BCUT2D eigenvalue weighted by Gasteiger charge is -2.21. The Hall–Kier alpha value is -4.70. The molecule has 48 heavy (non-hydrogen) atoms. The summed E-state index contributed by atoms with van der Waals surface area (Å²) in [5.74, 6) is -0.522. The summed E-state index contributed by atoms with van der Waals surface area (Å²) in [5.41, 5.74) is 1.46. The van der Waals surface area contributed by atoms with Gasteiger partial charge in [0.1, 0.15) is 30.8 Å². The molecule has 1 aliphatic rings. The molecule has 0 atom stereocenters. The molecule has 0 aromatic heterocycles. The highest BCUT2D eigenvalue weighted by Crippen LogP contribution is 2.21. The van der Waals surface area contributed by atoms with Gasteiger partial charge in [0, 0.05) is 11.1 Å². The van der Waals surface area contributed by atoms with Crippen molar-refractivity contribution in [3.05, 3.63) is 90.0 Å². The minimum Gasteiger partial charge on any atom is -0.494 e. The lowest BCUT2D eigenvalue weighted by molar-refractivity contribution is -0.151. The van der Waals surface area contributed by atoms with Crippen LogP contribution < -0.4 is 9.47 Å². The number of ketones is 1. The van der Waals surface area contributed by atoms with E-state index in [2.05, 4.69) is 13.2 Å². The zero-order chi connectivity index (χ0) is 34.6. The van der Waals surface area contributed by atoms with Gasteiger partial charge in [0.05, 0.1) is 31.8 Å². The zero-order valence-corrected chi connectivity index (χ0v) is 27.5. The number of rotatable bonds is 21. The average molecular weight is 663 g/mol. The van der Waals surface area contributed by atoms with E-state index in [0.29, 0.717) is 30.1 Å². The van der Waals surface area contributed by atoms with Crippen molar-refractivity contribution in [1.82, 2.24) is 0 Å². The van der Waals surface area contributed by atoms with Gasteiger partial charge in [-0.25, -0.2) is 9.59 Å². The Morgan fingerprint density at radius 2 is 1.29 bits per heavy atom. The number of aliphatic hydroxyl groups excluding tert-OH is 1. The maximum absolute atomic E-state index is 12.6. The number of carbonyl (C=O) groups is 4. The van der Waals surface area contributed by atoms with Gasteiger partial charge in [-0.1, -0.05) is 37.8 Å². The summed E-state index contributed by atoms with van der Waals surface area (Å²) in [6.07, 6.45) is 11.4. The fourth-order valence-electron chi connectivity index (χ4n) is 4.79. The first-order chi connectivity index (χ1) is 23.2. The molecule has 0 amide bonds. The normalized spacial score (nSPS) is 13.0. The van der Waals surface area contributed by atoms with Crippen molar-refractivity contribution < 1.29 is 48.0 Å². The molecule has 2 aromatic carbocycles. The predicted octanol–water partition coefficient (Wildman–Crippen LogP) is 6.36. The van der Waals surface area contributed by atoms with Gasteiger partial charge in [0.25, 0.3) is 0 Å². The Kier molecular flexibility index (Phi) is 16.7. The summed E-state index contributed by atoms with van der Waals surface area (Å²) in [4.78, 5) is 48.2. The van der Waals surface area contributed by atoms with Crippen LogP contribution in [0.1, 0.15) is 80.1 Å². The fourth-order valence-corrected chi connectivity index (χ4v) is 4.79. The Morgan fingerprint density at radius 3 is 1.96 bits per heavy atom. The van der Waals surface area contributed by atoms with Crippen LogP contribution >= 0.6 is 0 Å². The van der Waals surface area contributed by atoms with E-state index in [-0.39, 0.29) is 49.3 Å². The molecule has 1 saturated carbocycles. The van der Waals surface area contributed by atoms with E-state index < -0.39 is 24.5 Å². The second kappa shape index (κ2) is 21.2. The van der Waals surface area contributed by atoms with Gasteiger partial charge in [0.15, 0.2) is 5.78 Å². The van der Waals surface area contributed by atoms with Crippen molar-refractivity contribution in [3.63, 3.8) is 0 Å². The average Bonchev–Trinajstić information content (AvgIpc) is 3.10. The third-order valence-electron chi connectivity index (χ3n) is 7.55. The largest absolute Gasteiger partial charge is 0.494 e. The molecule has 258 valence electrons. The molecule has 1 N–H and O–H groups in total. The van der Waals surface area contributed by atoms with Crippen LogP contribution in [0.5, 0.6) is 11.5 Å². The molecule has 0 unspecified atom stereocenters. The number of aliphatic hydroxyl groups is 1. The maximum atomic E-state index is 12.6. The van der Waals surface area contributed by atoms with Crippen LogP contribution in [0.2, 0.25) is 0 Å². The van der Waals surface area contributed by atoms with Gasteiger partial charge in [0.2, 0.25) is 0 Å². The summed E-state index contributed by atoms with van der Waals surface area (Å²) in [6.45, 7) is 7.59. The number of esters is 3. The first-order valence-electron chi connectivity index (χ1n) is 16.4. The quantitative estimate of drug-likeness (QED) is 0.0529. The highest BCUT2D eigenvalue weighted by Gasteiger charge is 2.20. The van der Waals surface area contributed by atoms with Gasteiger partial charge < -0.3 is 28.8 Å². The lowest BCUT2D eigenvalue weighted by atomic mass is 9.98. The fraction of sp³-hybridized carbons (Fsp3) is 0.421. The number of hydrogen-bond donors (Lipinski definition) is 1. The predicted molar refractivity (Wildman–Crippen MR) is 181 cm³/mol. The molecule has 0 aliphatic heterocycles. The Morgan fingerprint density at radius 1 is 0.708 bits per heavy atom. The van der Waals surface area contributed by atoms with Crippen molar-refractivity contribution in [1.29, 1.82) is 0 Å². The van der Waals surface area contributed by atoms with E-state index in [1.807, 2.05) is 0 Å². The lowest BCUT2D eigenvalue weighted by Crippen LogP contribution is -2.22. The molecule has 0 radical (unpaired) electrons. The highest BCUT2D eigenvalue weighted by atomic mass is 16.6. The van der Waals surface area contributed by atoms with Crippen LogP contribution in [0.25, 0.3) is 6.08 Å². The minimum atomic E-state index is -0.662. The van der Waals surface area contributed by atoms with Gasteiger partial charge >= 0.3 is 17.9 Å². The number of benzene rings is 2. The molecule has 1 aliphatic carbocycles. The number of ether oxygens (including phenoxy) is 5. The Bertz CT molecular complexity index is 1390. The molecule has 0 bridgehead atoms. The van der Waals surface area contributed by atoms with Gasteiger partial charge in [-0.3, -0.25) is 9.59 Å². The van der Waals surface area contributed by atoms with Crippen LogP contribution in [-0.2, 0) is 28.6 Å². The van der Waals surface area contributed by atoms with Crippen LogP contribution in [-0.4, -0.2) is 67.9 Å². The van der Waals surface area contributed by atoms with E-state index in [0.717, 1.165) is 50.5 Å². The van der Waals surface area contributed by atoms with E-state index in [1.165, 1.54) is 12.5 Å². The molecule has 10 heteroatoms. The summed E-state index contributed by atoms with van der Waals surface area (Å²) in [7, 11) is 0. The topological polar surface area (TPSA) is 135 Å². The molecular weight excluding hydrogens is 616 g/mol. The maximum Gasteiger partial charge on any atom is 0.335 e. The smallest absolute Gasteiger partial charge is 0.335 e. The van der Waals surface area contributed by atoms with Gasteiger partial charge in [-0.05, 0) is 99.4 Å². The van der Waals surface area contributed by atoms with Crippen molar-refractivity contribution in [2.24, 2.45) is 0 Å². The number of carbonyl (C=O) groups excluding carboxylic acids is 4. The van der Waals surface area contributed by atoms with E-state index in [1.54, 1.807) is 54.6 Å². The highest BCUT2D eigenvalue weighted by molar-refractivity contribution is 6.06. The van der Waals surface area contributed by atoms with Crippen molar-refractivity contribution in [2.75, 3.05) is 33.0 Å². The standard InChI is InChI=1S/C38H46O10/c1-28(26-36(41)48-34-10-6-5-7-11-34)37(42)46-23-9-4-3-8-22-44-33-19-15-31(16-20-33)35(40)21-14-30-12-17-32(18-13-30)45-24-25-47-38(43)29(2)27-39/h12-21,34,39H,1-11,22-27H2/b21-14+. The summed E-state index contributed by atoms with van der Waals surface area (Å²) >= 11 is 0. The Balaban J connectivity index is 1.23. The van der Waals surface area contributed by atoms with Crippen LogP contribution in [0.15, 0.2) is 78.9 Å². The SMILES string of the molecule is C=C(CO)C(=O)OCCOc1ccc(/C=C/C(=O)c2ccc(OCCCCCCOC(=O)C(=C)CC(=O)OC3CCCCC3)cc2)cc1. The van der Waals surface area contributed by atoms with Gasteiger partial charge in [-0.15, -0.1) is 0 Å². The molecule has 3 rings (SSSR count). The van der Waals surface area contributed by atoms with E-state index in [9.17, 15) is 19.2 Å². The summed E-state index contributed by atoms with van der Waals surface area (Å²) < 4.78 is 26.9. The second-order valence-corrected chi connectivity index (χ2v) is 11.5. The second-order valence-electron chi connectivity index (χ2n) is 11.5. The van der Waals surface area contributed by atoms with Crippen LogP contribution in [0.3, 0.4) is 0 Å². The summed E-state index contributed by atoms with van der Waals surface area (Å²) in [6, 6.07) is 14.1. The molecule has 0 heterocycles. The molecular formula is C38H46O10. The molecule has 1 fully saturated rings. The molecule has 0 saturated heterocycles. The Labute approximate surface area is 282 Å². The number of hydrogen-bond acceptors (Lipinski definition) is 10. The number of unbranched alkanes of at least 4 members (excludes halogenated alkanes) is 3. The third-order valence-corrected chi connectivity index (χ3v) is 7.55. The number of allylic oxidation sites excluding steroid dienone is 1. The summed E-state index contributed by atoms with van der Waals surface area (Å²) in [5, 5.41) is 8.86. The van der Waals surface area contributed by atoms with Crippen molar-refractivity contribution in [3.8, 4) is 11.5 Å². The van der Waals surface area contributed by atoms with Crippen molar-refractivity contribution in [2.45, 2.75) is 70.3 Å². The van der Waals surface area contributed by atoms with Crippen LogP contribution in [0.4, 0.5) is 0 Å². The van der Waals surface area contributed by atoms with Crippen LogP contribution in [0, 0.1) is 0 Å². The third kappa shape index (κ3) is 14.4. The molecule has 10 nitrogen and oxygen atoms in total. The van der Waals surface area contributed by atoms with Gasteiger partial charge in [-0.2, -0.15) is 0 Å². The molecule has 0 spiro atoms. The monoisotopic (exact) mass is 662 g/mol. The first kappa shape index (κ1) is 37.8. The zero-order valence-electron chi connectivity index (χ0n) is 27.5. The van der Waals surface area contributed by atoms with E-state index >= 15 is 0 Å². The first-order valence-corrected chi connectivity index (χ1v) is 16.4. The van der Waals surface area contributed by atoms with E-state index in [4.69, 9.17) is 28.8 Å². The molecule has 2 aromatic rings. The minimum absolute atomic E-state index is 0.0151.